The Hall–Kier alpha value is -2.67. The fourth-order valence-corrected chi connectivity index (χ4v) is 2.48. The Balaban J connectivity index is 1.96. The number of nitrogens with zero attached hydrogens (tertiary/aromatic N) is 1. The van der Waals surface area contributed by atoms with Gasteiger partial charge in [-0.05, 0) is 43.8 Å². The summed E-state index contributed by atoms with van der Waals surface area (Å²) in [5.41, 5.74) is 0.753. The smallest absolute Gasteiger partial charge is 0.238 e. The highest BCUT2D eigenvalue weighted by atomic mass is 19.1. The lowest BCUT2D eigenvalue weighted by Crippen LogP contribution is -2.30. The summed E-state index contributed by atoms with van der Waals surface area (Å²) in [6.45, 7) is 2.92. The van der Waals surface area contributed by atoms with Gasteiger partial charge >= 0.3 is 0 Å². The molecule has 0 aliphatic heterocycles. The normalized spacial score (nSPS) is 10.7. The zero-order valence-corrected chi connectivity index (χ0v) is 15.0. The van der Waals surface area contributed by atoms with Crippen molar-refractivity contribution >= 4 is 11.6 Å². The molecule has 0 atom stereocenters. The van der Waals surface area contributed by atoms with E-state index in [0.717, 1.165) is 23.8 Å². The summed E-state index contributed by atoms with van der Waals surface area (Å²) >= 11 is 0. The van der Waals surface area contributed by atoms with Gasteiger partial charge < -0.3 is 14.8 Å². The highest BCUT2D eigenvalue weighted by Crippen LogP contribution is 2.28. The van der Waals surface area contributed by atoms with Crippen molar-refractivity contribution in [3.05, 3.63) is 53.6 Å². The Bertz CT molecular complexity index is 768. The van der Waals surface area contributed by atoms with Crippen LogP contribution in [0.25, 0.3) is 0 Å². The van der Waals surface area contributed by atoms with Crippen molar-refractivity contribution < 1.29 is 23.0 Å². The van der Waals surface area contributed by atoms with Crippen molar-refractivity contribution in [1.29, 1.82) is 0 Å². The molecule has 0 spiro atoms. The van der Waals surface area contributed by atoms with Gasteiger partial charge in [-0.1, -0.05) is 6.07 Å². The number of carbonyl (C=O) groups is 1. The van der Waals surface area contributed by atoms with Crippen LogP contribution in [0.3, 0.4) is 0 Å². The molecule has 0 radical (unpaired) electrons. The molecule has 0 fully saturated rings. The quantitative estimate of drug-likeness (QED) is 0.780. The molecule has 1 amide bonds. The first-order valence-corrected chi connectivity index (χ1v) is 8.16. The Morgan fingerprint density at radius 3 is 2.62 bits per heavy atom. The van der Waals surface area contributed by atoms with E-state index in [-0.39, 0.29) is 12.2 Å². The van der Waals surface area contributed by atoms with Gasteiger partial charge in [0.05, 0.1) is 25.9 Å². The van der Waals surface area contributed by atoms with E-state index in [1.54, 1.807) is 19.1 Å². The highest BCUT2D eigenvalue weighted by Gasteiger charge is 2.12. The predicted molar refractivity (Wildman–Crippen MR) is 95.5 cm³/mol. The van der Waals surface area contributed by atoms with Crippen LogP contribution in [0.2, 0.25) is 0 Å². The molecule has 5 nitrogen and oxygen atoms in total. The summed E-state index contributed by atoms with van der Waals surface area (Å²) in [5, 5.41) is 2.38. The van der Waals surface area contributed by atoms with Crippen molar-refractivity contribution in [2.75, 3.05) is 32.6 Å². The van der Waals surface area contributed by atoms with Crippen molar-refractivity contribution in [2.24, 2.45) is 0 Å². The SMILES string of the molecule is CCOc1ccc(CN(C)CC(=O)Nc2cc(F)ccc2F)cc1OC. The lowest BCUT2D eigenvalue weighted by atomic mass is 10.2. The van der Waals surface area contributed by atoms with E-state index < -0.39 is 17.5 Å². The van der Waals surface area contributed by atoms with Gasteiger partial charge in [0.25, 0.3) is 0 Å². The van der Waals surface area contributed by atoms with Crippen LogP contribution >= 0.6 is 0 Å². The standard InChI is InChI=1S/C19H22F2N2O3/c1-4-26-17-8-5-13(9-18(17)25-3)11-23(2)12-19(24)22-16-10-14(20)6-7-15(16)21/h5-10H,4,11-12H2,1-3H3,(H,22,24). The van der Waals surface area contributed by atoms with Crippen molar-refractivity contribution in [3.63, 3.8) is 0 Å². The van der Waals surface area contributed by atoms with Gasteiger partial charge in [-0.3, -0.25) is 9.69 Å². The third-order valence-electron chi connectivity index (χ3n) is 3.60. The average Bonchev–Trinajstić information content (AvgIpc) is 2.59. The number of halogens is 2. The molecule has 26 heavy (non-hydrogen) atoms. The fourth-order valence-electron chi connectivity index (χ4n) is 2.48. The van der Waals surface area contributed by atoms with Crippen LogP contribution < -0.4 is 14.8 Å². The number of benzene rings is 2. The first kappa shape index (κ1) is 19.7. The van der Waals surface area contributed by atoms with Gasteiger partial charge in [0, 0.05) is 12.6 Å². The Morgan fingerprint density at radius 1 is 1.15 bits per heavy atom. The zero-order valence-electron chi connectivity index (χ0n) is 15.0. The lowest BCUT2D eigenvalue weighted by molar-refractivity contribution is -0.117. The average molecular weight is 364 g/mol. The fraction of sp³-hybridized carbons (Fsp3) is 0.316. The van der Waals surface area contributed by atoms with Crippen LogP contribution in [-0.2, 0) is 11.3 Å². The lowest BCUT2D eigenvalue weighted by Gasteiger charge is -2.18. The molecule has 0 aliphatic rings. The van der Waals surface area contributed by atoms with Crippen LogP contribution in [0.15, 0.2) is 36.4 Å². The largest absolute Gasteiger partial charge is 0.493 e. The number of rotatable bonds is 8. The molecule has 2 aromatic carbocycles. The summed E-state index contributed by atoms with van der Waals surface area (Å²) in [4.78, 5) is 13.8. The maximum absolute atomic E-state index is 13.6. The van der Waals surface area contributed by atoms with Crippen LogP contribution in [0.1, 0.15) is 12.5 Å². The van der Waals surface area contributed by atoms with Gasteiger partial charge in [0.15, 0.2) is 11.5 Å². The van der Waals surface area contributed by atoms with Crippen LogP contribution in [0, 0.1) is 11.6 Å². The first-order chi connectivity index (χ1) is 12.4. The molecule has 1 N–H and O–H groups in total. The third kappa shape index (κ3) is 5.42. The Labute approximate surface area is 151 Å². The second-order valence-corrected chi connectivity index (χ2v) is 5.76. The van der Waals surface area contributed by atoms with E-state index in [2.05, 4.69) is 5.32 Å². The molecule has 0 saturated carbocycles. The number of amides is 1. The van der Waals surface area contributed by atoms with Crippen LogP contribution in [0.5, 0.6) is 11.5 Å². The number of methoxy groups -OCH3 is 1. The first-order valence-electron chi connectivity index (χ1n) is 8.16. The Morgan fingerprint density at radius 2 is 1.92 bits per heavy atom. The summed E-state index contributed by atoms with van der Waals surface area (Å²) in [7, 11) is 3.32. The second kappa shape index (κ2) is 9.15. The molecule has 2 aromatic rings. The van der Waals surface area contributed by atoms with Crippen molar-refractivity contribution in [2.45, 2.75) is 13.5 Å². The highest BCUT2D eigenvalue weighted by molar-refractivity contribution is 5.92. The summed E-state index contributed by atoms with van der Waals surface area (Å²) < 4.78 is 37.5. The molecule has 7 heteroatoms. The molecule has 0 heterocycles. The number of hydrogen-bond acceptors (Lipinski definition) is 4. The number of nitrogens with one attached hydrogen (secondary N) is 1. The third-order valence-corrected chi connectivity index (χ3v) is 3.60. The minimum Gasteiger partial charge on any atom is -0.493 e. The van der Waals surface area contributed by atoms with E-state index >= 15 is 0 Å². The van der Waals surface area contributed by atoms with E-state index in [1.807, 2.05) is 25.1 Å². The van der Waals surface area contributed by atoms with E-state index in [9.17, 15) is 13.6 Å². The van der Waals surface area contributed by atoms with Crippen molar-refractivity contribution in [1.82, 2.24) is 4.90 Å². The van der Waals surface area contributed by atoms with Gasteiger partial charge in [-0.15, -0.1) is 0 Å². The monoisotopic (exact) mass is 364 g/mol. The molecule has 0 aliphatic carbocycles. The van der Waals surface area contributed by atoms with Gasteiger partial charge in [0.2, 0.25) is 5.91 Å². The van der Waals surface area contributed by atoms with E-state index in [1.165, 1.54) is 0 Å². The van der Waals surface area contributed by atoms with Crippen LogP contribution in [-0.4, -0.2) is 38.1 Å². The minimum absolute atomic E-state index is 0.0193. The Kier molecular flexibility index (Phi) is 6.91. The van der Waals surface area contributed by atoms with Crippen molar-refractivity contribution in [3.8, 4) is 11.5 Å². The number of hydrogen-bond donors (Lipinski definition) is 1. The number of anilines is 1. The number of likely N-dealkylation sites (N-methyl/N-ethyl adjacent to an activating group) is 1. The number of ether oxygens (including phenoxy) is 2. The summed E-state index contributed by atoms with van der Waals surface area (Å²) in [6.07, 6.45) is 0. The van der Waals surface area contributed by atoms with Gasteiger partial charge in [-0.25, -0.2) is 8.78 Å². The second-order valence-electron chi connectivity index (χ2n) is 5.76. The minimum atomic E-state index is -0.682. The molecular weight excluding hydrogens is 342 g/mol. The molecule has 0 saturated heterocycles. The maximum Gasteiger partial charge on any atom is 0.238 e. The number of carbonyl (C=O) groups excluding carboxylic acids is 1. The van der Waals surface area contributed by atoms with Crippen LogP contribution in [0.4, 0.5) is 14.5 Å². The van der Waals surface area contributed by atoms with Gasteiger partial charge in [-0.2, -0.15) is 0 Å². The molecule has 0 aromatic heterocycles. The molecule has 140 valence electrons. The maximum atomic E-state index is 13.6. The topological polar surface area (TPSA) is 50.8 Å². The van der Waals surface area contributed by atoms with Gasteiger partial charge in [0.1, 0.15) is 11.6 Å². The molecule has 2 rings (SSSR count). The zero-order chi connectivity index (χ0) is 19.1. The predicted octanol–water partition coefficient (Wildman–Crippen LogP) is 3.44. The molecule has 0 bridgehead atoms. The summed E-state index contributed by atoms with van der Waals surface area (Å²) in [5.74, 6) is -0.463. The van der Waals surface area contributed by atoms with E-state index in [0.29, 0.717) is 24.7 Å². The summed E-state index contributed by atoms with van der Waals surface area (Å²) in [6, 6.07) is 8.45. The molecule has 0 unspecified atom stereocenters. The molecular formula is C19H22F2N2O3. The van der Waals surface area contributed by atoms with E-state index in [4.69, 9.17) is 9.47 Å².